The van der Waals surface area contributed by atoms with Gasteiger partial charge in [-0.3, -0.25) is 4.79 Å². The summed E-state index contributed by atoms with van der Waals surface area (Å²) in [5.74, 6) is 0.731. The second-order valence-corrected chi connectivity index (χ2v) is 7.68. The number of rotatable bonds is 5. The number of carbonyl (C=O) groups excluding carboxylic acids is 1. The van der Waals surface area contributed by atoms with Crippen molar-refractivity contribution in [1.29, 1.82) is 0 Å². The van der Waals surface area contributed by atoms with Crippen molar-refractivity contribution in [2.45, 2.75) is 44.6 Å². The molecule has 2 heterocycles. The molecule has 4 rings (SSSR count). The maximum Gasteiger partial charge on any atom is 0.306 e. The quantitative estimate of drug-likeness (QED) is 0.777. The van der Waals surface area contributed by atoms with Gasteiger partial charge in [0.15, 0.2) is 5.13 Å². The largest absolute Gasteiger partial charge is 0.459 e. The summed E-state index contributed by atoms with van der Waals surface area (Å²) >= 11 is 1.70. The molecule has 4 nitrogen and oxygen atoms in total. The summed E-state index contributed by atoms with van der Waals surface area (Å²) in [6, 6.07) is 8.18. The van der Waals surface area contributed by atoms with Gasteiger partial charge in [-0.15, -0.1) is 0 Å². The Morgan fingerprint density at radius 3 is 2.83 bits per heavy atom. The molecule has 0 spiro atoms. The zero-order chi connectivity index (χ0) is 15.6. The minimum absolute atomic E-state index is 0.0224. The molecule has 122 valence electrons. The second-order valence-electron chi connectivity index (χ2n) is 6.67. The standard InChI is InChI=1S/C18H22N2O2S/c21-17(10-9-13-5-1-2-6-13)22-14-11-20(12-14)18-19-15-7-3-4-8-16(15)23-18/h3-4,7-8,13-14H,1-2,5-6,9-12H2. The molecule has 0 radical (unpaired) electrons. The first-order valence-electron chi connectivity index (χ1n) is 8.58. The number of ether oxygens (including phenoxy) is 1. The first kappa shape index (κ1) is 14.9. The van der Waals surface area contributed by atoms with Gasteiger partial charge in [-0.05, 0) is 24.5 Å². The van der Waals surface area contributed by atoms with Gasteiger partial charge in [0.05, 0.1) is 23.3 Å². The fourth-order valence-electron chi connectivity index (χ4n) is 3.53. The maximum absolute atomic E-state index is 11.9. The van der Waals surface area contributed by atoms with E-state index in [1.165, 1.54) is 30.4 Å². The van der Waals surface area contributed by atoms with E-state index < -0.39 is 0 Å². The van der Waals surface area contributed by atoms with Crippen molar-refractivity contribution in [3.63, 3.8) is 0 Å². The number of fused-ring (bicyclic) bond motifs is 1. The number of anilines is 1. The molecule has 0 bridgehead atoms. The zero-order valence-electron chi connectivity index (χ0n) is 13.2. The number of hydrogen-bond donors (Lipinski definition) is 0. The van der Waals surface area contributed by atoms with Crippen molar-refractivity contribution in [1.82, 2.24) is 4.98 Å². The SMILES string of the molecule is O=C(CCC1CCCC1)OC1CN(c2nc3ccccc3s2)C1. The third-order valence-corrected chi connectivity index (χ3v) is 6.03. The maximum atomic E-state index is 11.9. The van der Waals surface area contributed by atoms with Gasteiger partial charge in [0.1, 0.15) is 6.10 Å². The first-order valence-corrected chi connectivity index (χ1v) is 9.39. The van der Waals surface area contributed by atoms with Crippen LogP contribution in [0, 0.1) is 5.92 Å². The molecule has 0 atom stereocenters. The lowest BCUT2D eigenvalue weighted by atomic mass is 10.0. The van der Waals surface area contributed by atoms with Crippen LogP contribution >= 0.6 is 11.3 Å². The number of aromatic nitrogens is 1. The summed E-state index contributed by atoms with van der Waals surface area (Å²) in [5.41, 5.74) is 1.05. The Balaban J connectivity index is 1.23. The van der Waals surface area contributed by atoms with Crippen LogP contribution in [0.15, 0.2) is 24.3 Å². The highest BCUT2D eigenvalue weighted by atomic mass is 32.1. The van der Waals surface area contributed by atoms with E-state index in [1.807, 2.05) is 18.2 Å². The molecule has 1 saturated heterocycles. The average Bonchev–Trinajstić information content (AvgIpc) is 3.16. The van der Waals surface area contributed by atoms with E-state index in [-0.39, 0.29) is 12.1 Å². The number of esters is 1. The third-order valence-electron chi connectivity index (χ3n) is 4.93. The Kier molecular flexibility index (Phi) is 4.21. The van der Waals surface area contributed by atoms with E-state index in [9.17, 15) is 4.79 Å². The molecule has 0 unspecified atom stereocenters. The summed E-state index contributed by atoms with van der Waals surface area (Å²) in [4.78, 5) is 18.8. The van der Waals surface area contributed by atoms with Gasteiger partial charge in [-0.1, -0.05) is 49.2 Å². The van der Waals surface area contributed by atoms with Crippen LogP contribution in [0.3, 0.4) is 0 Å². The van der Waals surface area contributed by atoms with Crippen LogP contribution in [0.1, 0.15) is 38.5 Å². The lowest BCUT2D eigenvalue weighted by molar-refractivity contribution is -0.150. The minimum Gasteiger partial charge on any atom is -0.459 e. The van der Waals surface area contributed by atoms with Gasteiger partial charge in [0.2, 0.25) is 0 Å². The van der Waals surface area contributed by atoms with Crippen molar-refractivity contribution in [3.05, 3.63) is 24.3 Å². The van der Waals surface area contributed by atoms with Crippen LogP contribution in [0.5, 0.6) is 0 Å². The third kappa shape index (κ3) is 3.34. The van der Waals surface area contributed by atoms with Gasteiger partial charge < -0.3 is 9.64 Å². The molecule has 0 N–H and O–H groups in total. The molecule has 1 saturated carbocycles. The van der Waals surface area contributed by atoms with E-state index in [2.05, 4.69) is 16.0 Å². The number of para-hydroxylation sites is 1. The van der Waals surface area contributed by atoms with E-state index in [0.717, 1.165) is 36.1 Å². The molecule has 2 aliphatic rings. The molecule has 1 aromatic heterocycles. The second kappa shape index (κ2) is 6.48. The predicted molar refractivity (Wildman–Crippen MR) is 92.9 cm³/mol. The first-order chi connectivity index (χ1) is 11.3. The monoisotopic (exact) mass is 330 g/mol. The molecular weight excluding hydrogens is 308 g/mol. The number of nitrogens with zero attached hydrogens (tertiary/aromatic N) is 2. The molecule has 2 aromatic rings. The summed E-state index contributed by atoms with van der Waals surface area (Å²) in [6.07, 6.45) is 6.89. The van der Waals surface area contributed by atoms with Crippen LogP contribution in [-0.4, -0.2) is 30.1 Å². The van der Waals surface area contributed by atoms with E-state index in [0.29, 0.717) is 6.42 Å². The molecular formula is C18H22N2O2S. The summed E-state index contributed by atoms with van der Waals surface area (Å²) in [6.45, 7) is 1.55. The van der Waals surface area contributed by atoms with E-state index >= 15 is 0 Å². The molecule has 1 aromatic carbocycles. The van der Waals surface area contributed by atoms with Gasteiger partial charge in [0.25, 0.3) is 0 Å². The molecule has 5 heteroatoms. The number of hydrogen-bond acceptors (Lipinski definition) is 5. The highest BCUT2D eigenvalue weighted by Gasteiger charge is 2.32. The summed E-state index contributed by atoms with van der Waals surface area (Å²) in [5, 5.41) is 1.03. The van der Waals surface area contributed by atoms with Gasteiger partial charge in [-0.2, -0.15) is 0 Å². The van der Waals surface area contributed by atoms with Gasteiger partial charge in [0, 0.05) is 6.42 Å². The Bertz CT molecular complexity index is 654. The Morgan fingerprint density at radius 1 is 1.26 bits per heavy atom. The Labute approximate surface area is 140 Å². The van der Waals surface area contributed by atoms with Crippen molar-refractivity contribution in [2.24, 2.45) is 5.92 Å². The highest BCUT2D eigenvalue weighted by Crippen LogP contribution is 2.32. The van der Waals surface area contributed by atoms with E-state index in [1.54, 1.807) is 11.3 Å². The zero-order valence-corrected chi connectivity index (χ0v) is 14.1. The lowest BCUT2D eigenvalue weighted by Gasteiger charge is -2.38. The van der Waals surface area contributed by atoms with Crippen LogP contribution in [0.4, 0.5) is 5.13 Å². The fourth-order valence-corrected chi connectivity index (χ4v) is 4.51. The summed E-state index contributed by atoms with van der Waals surface area (Å²) in [7, 11) is 0. The van der Waals surface area contributed by atoms with Crippen molar-refractivity contribution >= 4 is 32.7 Å². The number of thiazole rings is 1. The summed E-state index contributed by atoms with van der Waals surface area (Å²) < 4.78 is 6.78. The van der Waals surface area contributed by atoms with Crippen LogP contribution in [0.2, 0.25) is 0 Å². The average molecular weight is 330 g/mol. The Morgan fingerprint density at radius 2 is 2.04 bits per heavy atom. The fraction of sp³-hybridized carbons (Fsp3) is 0.556. The lowest BCUT2D eigenvalue weighted by Crippen LogP contribution is -2.53. The molecule has 2 fully saturated rings. The Hall–Kier alpha value is -1.62. The smallest absolute Gasteiger partial charge is 0.306 e. The molecule has 1 aliphatic heterocycles. The number of carbonyl (C=O) groups is 1. The van der Waals surface area contributed by atoms with Crippen molar-refractivity contribution in [2.75, 3.05) is 18.0 Å². The van der Waals surface area contributed by atoms with Crippen LogP contribution < -0.4 is 4.90 Å². The van der Waals surface area contributed by atoms with E-state index in [4.69, 9.17) is 4.74 Å². The normalized spacial score (nSPS) is 19.2. The predicted octanol–water partition coefficient (Wildman–Crippen LogP) is 4.00. The molecule has 0 amide bonds. The molecule has 23 heavy (non-hydrogen) atoms. The topological polar surface area (TPSA) is 42.4 Å². The van der Waals surface area contributed by atoms with Crippen molar-refractivity contribution < 1.29 is 9.53 Å². The van der Waals surface area contributed by atoms with Gasteiger partial charge >= 0.3 is 5.97 Å². The molecule has 1 aliphatic carbocycles. The minimum atomic E-state index is -0.0224. The van der Waals surface area contributed by atoms with Crippen LogP contribution in [-0.2, 0) is 9.53 Å². The van der Waals surface area contributed by atoms with Crippen molar-refractivity contribution in [3.8, 4) is 0 Å². The van der Waals surface area contributed by atoms with Crippen LogP contribution in [0.25, 0.3) is 10.2 Å². The number of benzene rings is 1. The van der Waals surface area contributed by atoms with Gasteiger partial charge in [-0.25, -0.2) is 4.98 Å². The highest BCUT2D eigenvalue weighted by molar-refractivity contribution is 7.22.